The van der Waals surface area contributed by atoms with Gasteiger partial charge in [-0.05, 0) is 23.3 Å². The van der Waals surface area contributed by atoms with E-state index in [4.69, 9.17) is 0 Å². The van der Waals surface area contributed by atoms with Crippen LogP contribution in [-0.4, -0.2) is 31.6 Å². The van der Waals surface area contributed by atoms with Crippen LogP contribution >= 0.6 is 0 Å². The number of nitrogens with zero attached hydrogens (tertiary/aromatic N) is 1. The van der Waals surface area contributed by atoms with Crippen molar-refractivity contribution in [2.75, 3.05) is 11.8 Å². The monoisotopic (exact) mass is 356 g/mol. The highest BCUT2D eigenvalue weighted by Crippen LogP contribution is 2.23. The Labute approximate surface area is 145 Å². The van der Waals surface area contributed by atoms with Crippen molar-refractivity contribution >= 4 is 21.6 Å². The minimum atomic E-state index is -3.84. The third-order valence-electron chi connectivity index (χ3n) is 3.60. The molecule has 0 fully saturated rings. The van der Waals surface area contributed by atoms with Crippen LogP contribution in [0.5, 0.6) is 0 Å². The number of nitrogens with one attached hydrogen (secondary N) is 3. The molecular formula is C17H16N4O3S. The van der Waals surface area contributed by atoms with Gasteiger partial charge >= 0.3 is 0 Å². The molecule has 3 N–H and O–H groups in total. The van der Waals surface area contributed by atoms with E-state index < -0.39 is 15.9 Å². The number of sulfonamides is 1. The van der Waals surface area contributed by atoms with E-state index >= 15 is 0 Å². The lowest BCUT2D eigenvalue weighted by molar-refractivity contribution is 0.0959. The average Bonchev–Trinajstić information content (AvgIpc) is 3.09. The third-order valence-corrected chi connectivity index (χ3v) is 4.98. The van der Waals surface area contributed by atoms with Gasteiger partial charge in [0.2, 0.25) is 0 Å². The highest BCUT2D eigenvalue weighted by molar-refractivity contribution is 7.92. The Morgan fingerprint density at radius 2 is 1.64 bits per heavy atom. The Kier molecular flexibility index (Phi) is 4.53. The summed E-state index contributed by atoms with van der Waals surface area (Å²) in [5, 5.41) is 8.64. The number of carbonyl (C=O) groups is 1. The summed E-state index contributed by atoms with van der Waals surface area (Å²) in [4.78, 5) is 11.8. The fourth-order valence-electron chi connectivity index (χ4n) is 2.32. The highest BCUT2D eigenvalue weighted by atomic mass is 32.2. The zero-order chi connectivity index (χ0) is 17.9. The molecule has 0 unspecified atom stereocenters. The molecule has 2 aromatic carbocycles. The van der Waals surface area contributed by atoms with E-state index in [0.717, 1.165) is 11.1 Å². The lowest BCUT2D eigenvalue weighted by Gasteiger charge is -2.08. The predicted octanol–water partition coefficient (Wildman–Crippen LogP) is 2.24. The average molecular weight is 356 g/mol. The largest absolute Gasteiger partial charge is 0.354 e. The minimum Gasteiger partial charge on any atom is -0.354 e. The number of aromatic nitrogens is 2. The third kappa shape index (κ3) is 3.53. The van der Waals surface area contributed by atoms with Crippen molar-refractivity contribution in [1.29, 1.82) is 0 Å². The smallest absolute Gasteiger partial charge is 0.273 e. The Morgan fingerprint density at radius 3 is 2.28 bits per heavy atom. The van der Waals surface area contributed by atoms with Crippen LogP contribution in [0.25, 0.3) is 11.1 Å². The Balaban J connectivity index is 1.86. The van der Waals surface area contributed by atoms with Gasteiger partial charge in [0.25, 0.3) is 15.9 Å². The summed E-state index contributed by atoms with van der Waals surface area (Å²) in [7, 11) is -2.39. The van der Waals surface area contributed by atoms with Gasteiger partial charge in [0, 0.05) is 13.2 Å². The summed E-state index contributed by atoms with van der Waals surface area (Å²) in [5.41, 5.74) is 1.98. The van der Waals surface area contributed by atoms with Crippen LogP contribution in [-0.2, 0) is 10.0 Å². The van der Waals surface area contributed by atoms with Gasteiger partial charge in [-0.2, -0.15) is 5.10 Å². The fourth-order valence-corrected chi connectivity index (χ4v) is 3.38. The van der Waals surface area contributed by atoms with E-state index in [2.05, 4.69) is 20.2 Å². The second kappa shape index (κ2) is 6.78. The second-order valence-electron chi connectivity index (χ2n) is 5.22. The minimum absolute atomic E-state index is 0.0213. The van der Waals surface area contributed by atoms with Gasteiger partial charge in [0.15, 0.2) is 5.69 Å². The molecule has 0 radical (unpaired) electrons. The molecule has 0 aliphatic heterocycles. The Bertz CT molecular complexity index is 980. The maximum Gasteiger partial charge on any atom is 0.273 e. The van der Waals surface area contributed by atoms with Gasteiger partial charge in [-0.3, -0.25) is 14.6 Å². The van der Waals surface area contributed by atoms with Gasteiger partial charge < -0.3 is 5.32 Å². The molecular weight excluding hydrogens is 340 g/mol. The molecule has 1 heterocycles. The first-order valence-electron chi connectivity index (χ1n) is 7.45. The van der Waals surface area contributed by atoms with E-state index in [0.29, 0.717) is 0 Å². The number of hydrogen-bond acceptors (Lipinski definition) is 4. The van der Waals surface area contributed by atoms with Crippen LogP contribution < -0.4 is 10.0 Å². The van der Waals surface area contributed by atoms with Gasteiger partial charge in [-0.1, -0.05) is 42.5 Å². The van der Waals surface area contributed by atoms with Gasteiger partial charge in [0.05, 0.1) is 10.6 Å². The van der Waals surface area contributed by atoms with Crippen molar-refractivity contribution in [3.8, 4) is 11.1 Å². The number of H-pyrrole nitrogens is 1. The number of aromatic amines is 1. The summed E-state index contributed by atoms with van der Waals surface area (Å²) in [6, 6.07) is 16.2. The van der Waals surface area contributed by atoms with Crippen molar-refractivity contribution in [2.24, 2.45) is 0 Å². The van der Waals surface area contributed by atoms with Crippen molar-refractivity contribution in [3.05, 3.63) is 66.5 Å². The van der Waals surface area contributed by atoms with Crippen LogP contribution in [0.1, 0.15) is 10.5 Å². The van der Waals surface area contributed by atoms with Gasteiger partial charge in [0.1, 0.15) is 0 Å². The molecule has 0 spiro atoms. The molecule has 1 aromatic heterocycles. The summed E-state index contributed by atoms with van der Waals surface area (Å²) < 4.78 is 27.4. The number of anilines is 1. The van der Waals surface area contributed by atoms with E-state index in [9.17, 15) is 13.2 Å². The van der Waals surface area contributed by atoms with E-state index in [1.165, 1.54) is 25.4 Å². The predicted molar refractivity (Wildman–Crippen MR) is 94.7 cm³/mol. The first kappa shape index (κ1) is 16.7. The van der Waals surface area contributed by atoms with Crippen LogP contribution in [0.3, 0.4) is 0 Å². The topological polar surface area (TPSA) is 104 Å². The van der Waals surface area contributed by atoms with E-state index in [1.807, 2.05) is 30.3 Å². The summed E-state index contributed by atoms with van der Waals surface area (Å²) in [5.74, 6) is -0.488. The maximum absolute atomic E-state index is 12.5. The molecule has 3 rings (SSSR count). The number of carbonyl (C=O) groups excluding carboxylic acids is 1. The standard InChI is InChI=1S/C17H16N4O3S/c1-18-17(22)16-15(11-19-20-16)21-25(23,24)14-9-7-13(8-10-14)12-5-3-2-4-6-12/h2-11,21H,1H3,(H,18,22)(H,19,20). The van der Waals surface area contributed by atoms with E-state index in [1.54, 1.807) is 12.1 Å². The first-order chi connectivity index (χ1) is 12.0. The van der Waals surface area contributed by atoms with Gasteiger partial charge in [-0.15, -0.1) is 0 Å². The summed E-state index contributed by atoms with van der Waals surface area (Å²) in [6.45, 7) is 0. The maximum atomic E-state index is 12.5. The van der Waals surface area contributed by atoms with Crippen LogP contribution in [0, 0.1) is 0 Å². The molecule has 0 aliphatic carbocycles. The lowest BCUT2D eigenvalue weighted by Crippen LogP contribution is -2.21. The Morgan fingerprint density at radius 1 is 1.00 bits per heavy atom. The second-order valence-corrected chi connectivity index (χ2v) is 6.90. The molecule has 3 aromatic rings. The fraction of sp³-hybridized carbons (Fsp3) is 0.0588. The van der Waals surface area contributed by atoms with E-state index in [-0.39, 0.29) is 16.3 Å². The van der Waals surface area contributed by atoms with Crippen LogP contribution in [0.4, 0.5) is 5.69 Å². The molecule has 128 valence electrons. The molecule has 0 aliphatic rings. The lowest BCUT2D eigenvalue weighted by atomic mass is 10.1. The van der Waals surface area contributed by atoms with Crippen molar-refractivity contribution in [3.63, 3.8) is 0 Å². The van der Waals surface area contributed by atoms with Crippen molar-refractivity contribution in [2.45, 2.75) is 4.90 Å². The quantitative estimate of drug-likeness (QED) is 0.652. The normalized spacial score (nSPS) is 11.1. The molecule has 0 saturated heterocycles. The number of amides is 1. The zero-order valence-electron chi connectivity index (χ0n) is 13.4. The molecule has 1 amide bonds. The molecule has 0 bridgehead atoms. The van der Waals surface area contributed by atoms with Gasteiger partial charge in [-0.25, -0.2) is 8.42 Å². The number of hydrogen-bond donors (Lipinski definition) is 3. The van der Waals surface area contributed by atoms with Crippen molar-refractivity contribution < 1.29 is 13.2 Å². The number of rotatable bonds is 5. The van der Waals surface area contributed by atoms with Crippen LogP contribution in [0.15, 0.2) is 65.7 Å². The Hall–Kier alpha value is -3.13. The van der Waals surface area contributed by atoms with Crippen LogP contribution in [0.2, 0.25) is 0 Å². The highest BCUT2D eigenvalue weighted by Gasteiger charge is 2.20. The van der Waals surface area contributed by atoms with Crippen molar-refractivity contribution in [1.82, 2.24) is 15.5 Å². The zero-order valence-corrected chi connectivity index (χ0v) is 14.2. The summed E-state index contributed by atoms with van der Waals surface area (Å²) in [6.07, 6.45) is 1.32. The molecule has 7 nitrogen and oxygen atoms in total. The summed E-state index contributed by atoms with van der Waals surface area (Å²) >= 11 is 0. The molecule has 25 heavy (non-hydrogen) atoms. The molecule has 0 saturated carbocycles. The first-order valence-corrected chi connectivity index (χ1v) is 8.94. The number of benzene rings is 2. The SMILES string of the molecule is CNC(=O)c1n[nH]cc1NS(=O)(=O)c1ccc(-c2ccccc2)cc1. The molecule has 0 atom stereocenters. The molecule has 8 heteroatoms.